The van der Waals surface area contributed by atoms with Crippen molar-refractivity contribution in [3.8, 4) is 5.75 Å². The van der Waals surface area contributed by atoms with Crippen molar-refractivity contribution in [2.24, 2.45) is 4.99 Å². The van der Waals surface area contributed by atoms with Crippen LogP contribution >= 0.6 is 24.0 Å². The molecule has 180 valence electrons. The van der Waals surface area contributed by atoms with Gasteiger partial charge >= 0.3 is 0 Å². The van der Waals surface area contributed by atoms with E-state index in [-0.39, 0.29) is 42.5 Å². The molecule has 0 saturated carbocycles. The molecule has 2 aromatic carbocycles. The predicted octanol–water partition coefficient (Wildman–Crippen LogP) is 4.00. The predicted molar refractivity (Wildman–Crippen MR) is 139 cm³/mol. The Morgan fingerprint density at radius 3 is 2.82 bits per heavy atom. The molecule has 1 heterocycles. The van der Waals surface area contributed by atoms with Gasteiger partial charge in [0.05, 0.1) is 19.2 Å². The average Bonchev–Trinajstić information content (AvgIpc) is 3.29. The maximum absolute atomic E-state index is 13.3. The quantitative estimate of drug-likeness (QED) is 0.241. The molecule has 9 heteroatoms. The number of aliphatic imine (C=N–C) groups is 1. The highest BCUT2D eigenvalue weighted by molar-refractivity contribution is 14.0. The van der Waals surface area contributed by atoms with Crippen molar-refractivity contribution >= 4 is 41.5 Å². The van der Waals surface area contributed by atoms with Gasteiger partial charge in [-0.3, -0.25) is 4.79 Å². The van der Waals surface area contributed by atoms with E-state index >= 15 is 0 Å². The van der Waals surface area contributed by atoms with Crippen molar-refractivity contribution in [2.75, 3.05) is 31.6 Å². The highest BCUT2D eigenvalue weighted by atomic mass is 127. The van der Waals surface area contributed by atoms with Crippen LogP contribution in [-0.2, 0) is 16.1 Å². The number of halogens is 2. The number of guanidine groups is 1. The second-order valence-electron chi connectivity index (χ2n) is 7.66. The molecule has 1 saturated heterocycles. The minimum absolute atomic E-state index is 0. The fourth-order valence-corrected chi connectivity index (χ4v) is 3.33. The zero-order valence-electron chi connectivity index (χ0n) is 19.0. The molecule has 3 N–H and O–H groups in total. The molecule has 1 amide bonds. The molecular formula is C24H32FIN4O3. The van der Waals surface area contributed by atoms with Gasteiger partial charge < -0.3 is 25.4 Å². The lowest BCUT2D eigenvalue weighted by atomic mass is 10.1. The second kappa shape index (κ2) is 14.0. The topological polar surface area (TPSA) is 84.0 Å². The molecule has 1 aliphatic rings. The van der Waals surface area contributed by atoms with Gasteiger partial charge in [0, 0.05) is 24.4 Å². The number of hydrogen-bond acceptors (Lipinski definition) is 4. The normalized spacial score (nSPS) is 15.5. The smallest absolute Gasteiger partial charge is 0.243 e. The SMILES string of the molecule is CCNC(=NCc1ccc(C)cc1OCC1CCCO1)NCC(=O)Nc1cccc(F)c1.I. The van der Waals surface area contributed by atoms with E-state index < -0.39 is 5.82 Å². The van der Waals surface area contributed by atoms with E-state index in [2.05, 4.69) is 20.9 Å². The van der Waals surface area contributed by atoms with Gasteiger partial charge in [-0.25, -0.2) is 9.38 Å². The molecule has 3 rings (SSSR count). The molecule has 0 radical (unpaired) electrons. The Labute approximate surface area is 211 Å². The van der Waals surface area contributed by atoms with Gasteiger partial charge in [0.25, 0.3) is 0 Å². The van der Waals surface area contributed by atoms with E-state index in [0.717, 1.165) is 36.3 Å². The number of anilines is 1. The first-order chi connectivity index (χ1) is 15.5. The Balaban J connectivity index is 0.00000385. The van der Waals surface area contributed by atoms with Crippen LogP contribution in [0, 0.1) is 12.7 Å². The number of nitrogens with one attached hydrogen (secondary N) is 3. The lowest BCUT2D eigenvalue weighted by Crippen LogP contribution is -2.41. The van der Waals surface area contributed by atoms with E-state index in [9.17, 15) is 9.18 Å². The van der Waals surface area contributed by atoms with Crippen LogP contribution in [0.2, 0.25) is 0 Å². The van der Waals surface area contributed by atoms with Gasteiger partial charge in [-0.2, -0.15) is 0 Å². The Kier molecular flexibility index (Phi) is 11.4. The molecule has 0 bridgehead atoms. The minimum atomic E-state index is -0.402. The summed E-state index contributed by atoms with van der Waals surface area (Å²) in [7, 11) is 0. The Morgan fingerprint density at radius 2 is 2.09 bits per heavy atom. The lowest BCUT2D eigenvalue weighted by Gasteiger charge is -2.15. The van der Waals surface area contributed by atoms with Crippen molar-refractivity contribution in [2.45, 2.75) is 39.3 Å². The van der Waals surface area contributed by atoms with Gasteiger partial charge in [0.1, 0.15) is 18.2 Å². The third-order valence-electron chi connectivity index (χ3n) is 4.95. The number of ether oxygens (including phenoxy) is 2. The number of aryl methyl sites for hydroxylation is 1. The van der Waals surface area contributed by atoms with Crippen molar-refractivity contribution in [3.63, 3.8) is 0 Å². The number of hydrogen-bond donors (Lipinski definition) is 3. The minimum Gasteiger partial charge on any atom is -0.491 e. The zero-order chi connectivity index (χ0) is 22.8. The summed E-state index contributed by atoms with van der Waals surface area (Å²) in [6.07, 6.45) is 2.23. The molecule has 0 aliphatic carbocycles. The molecule has 0 aromatic heterocycles. The number of nitrogens with zero attached hydrogens (tertiary/aromatic N) is 1. The van der Waals surface area contributed by atoms with E-state index in [4.69, 9.17) is 9.47 Å². The standard InChI is InChI=1S/C24H31FN4O3.HI/c1-3-26-24(28-15-23(30)29-20-7-4-6-19(25)13-20)27-14-18-10-9-17(2)12-22(18)32-16-21-8-5-11-31-21;/h4,6-7,9-10,12-13,21H,3,5,8,11,14-16H2,1-2H3,(H,29,30)(H2,26,27,28);1H. The molecule has 1 fully saturated rings. The van der Waals surface area contributed by atoms with Crippen molar-refractivity contribution < 1.29 is 18.7 Å². The molecule has 7 nitrogen and oxygen atoms in total. The first-order valence-electron chi connectivity index (χ1n) is 10.9. The van der Waals surface area contributed by atoms with Crippen molar-refractivity contribution in [3.05, 3.63) is 59.4 Å². The van der Waals surface area contributed by atoms with Gasteiger partial charge in [0.15, 0.2) is 5.96 Å². The summed E-state index contributed by atoms with van der Waals surface area (Å²) < 4.78 is 25.0. The molecule has 1 atom stereocenters. The van der Waals surface area contributed by atoms with E-state index in [0.29, 0.717) is 31.3 Å². The number of carbonyl (C=O) groups excluding carboxylic acids is 1. The highest BCUT2D eigenvalue weighted by Crippen LogP contribution is 2.23. The van der Waals surface area contributed by atoms with Gasteiger partial charge in [-0.15, -0.1) is 24.0 Å². The summed E-state index contributed by atoms with van der Waals surface area (Å²) in [4.78, 5) is 16.8. The fourth-order valence-electron chi connectivity index (χ4n) is 3.33. The van der Waals surface area contributed by atoms with E-state index in [1.807, 2.05) is 32.0 Å². The summed E-state index contributed by atoms with van der Waals surface area (Å²) >= 11 is 0. The maximum Gasteiger partial charge on any atom is 0.243 e. The van der Waals surface area contributed by atoms with Crippen LogP contribution < -0.4 is 20.7 Å². The van der Waals surface area contributed by atoms with Crippen LogP contribution in [-0.4, -0.2) is 44.3 Å². The molecular weight excluding hydrogens is 538 g/mol. The molecule has 1 aliphatic heterocycles. The second-order valence-corrected chi connectivity index (χ2v) is 7.66. The lowest BCUT2D eigenvalue weighted by molar-refractivity contribution is -0.115. The molecule has 2 aromatic rings. The number of amides is 1. The van der Waals surface area contributed by atoms with Gasteiger partial charge in [-0.05, 0) is 56.5 Å². The Morgan fingerprint density at radius 1 is 1.24 bits per heavy atom. The third-order valence-corrected chi connectivity index (χ3v) is 4.95. The number of benzene rings is 2. The van der Waals surface area contributed by atoms with Crippen molar-refractivity contribution in [1.29, 1.82) is 0 Å². The molecule has 1 unspecified atom stereocenters. The summed E-state index contributed by atoms with van der Waals surface area (Å²) in [5, 5.41) is 8.79. The average molecular weight is 570 g/mol. The Bertz CT molecular complexity index is 936. The third kappa shape index (κ3) is 9.17. The largest absolute Gasteiger partial charge is 0.491 e. The first kappa shape index (κ1) is 26.8. The summed E-state index contributed by atoms with van der Waals surface area (Å²) in [5.74, 6) is 0.606. The summed E-state index contributed by atoms with van der Waals surface area (Å²) in [6, 6.07) is 11.8. The zero-order valence-corrected chi connectivity index (χ0v) is 21.4. The molecule has 33 heavy (non-hydrogen) atoms. The Hall–Kier alpha value is -2.40. The monoisotopic (exact) mass is 570 g/mol. The number of carbonyl (C=O) groups is 1. The van der Waals surface area contributed by atoms with Crippen LogP contribution in [0.5, 0.6) is 5.75 Å². The van der Waals surface area contributed by atoms with Crippen LogP contribution in [0.4, 0.5) is 10.1 Å². The van der Waals surface area contributed by atoms with Crippen LogP contribution in [0.1, 0.15) is 30.9 Å². The fraction of sp³-hybridized carbons (Fsp3) is 0.417. The summed E-state index contributed by atoms with van der Waals surface area (Å²) in [6.45, 7) is 6.33. The highest BCUT2D eigenvalue weighted by Gasteiger charge is 2.17. The van der Waals surface area contributed by atoms with E-state index in [1.165, 1.54) is 12.1 Å². The maximum atomic E-state index is 13.3. The first-order valence-corrected chi connectivity index (χ1v) is 10.9. The van der Waals surface area contributed by atoms with E-state index in [1.54, 1.807) is 12.1 Å². The molecule has 0 spiro atoms. The van der Waals surface area contributed by atoms with Gasteiger partial charge in [-0.1, -0.05) is 18.2 Å². The number of rotatable bonds is 9. The summed E-state index contributed by atoms with van der Waals surface area (Å²) in [5.41, 5.74) is 2.47. The van der Waals surface area contributed by atoms with Crippen LogP contribution in [0.15, 0.2) is 47.5 Å². The van der Waals surface area contributed by atoms with Crippen LogP contribution in [0.25, 0.3) is 0 Å². The van der Waals surface area contributed by atoms with Gasteiger partial charge in [0.2, 0.25) is 5.91 Å². The van der Waals surface area contributed by atoms with Crippen LogP contribution in [0.3, 0.4) is 0 Å². The van der Waals surface area contributed by atoms with Crippen molar-refractivity contribution in [1.82, 2.24) is 10.6 Å².